The van der Waals surface area contributed by atoms with Crippen molar-refractivity contribution in [2.45, 2.75) is 78.1 Å². The molecule has 2 aromatic rings. The van der Waals surface area contributed by atoms with Crippen molar-refractivity contribution >= 4 is 17.2 Å². The molecule has 0 spiro atoms. The van der Waals surface area contributed by atoms with E-state index < -0.39 is 0 Å². The molecule has 0 amide bonds. The van der Waals surface area contributed by atoms with Crippen LogP contribution in [0.1, 0.15) is 83.1 Å². The molecular weight excluding hydrogens is 344 g/mol. The maximum absolute atomic E-state index is 5.63. The summed E-state index contributed by atoms with van der Waals surface area (Å²) in [5.74, 6) is 0.607. The molecule has 1 aromatic heterocycles. The molecule has 0 radical (unpaired) electrons. The van der Waals surface area contributed by atoms with Gasteiger partial charge in [0.05, 0.1) is 26.7 Å². The molecule has 0 unspecified atom stereocenters. The first-order valence-corrected chi connectivity index (χ1v) is 11.5. The average Bonchev–Trinajstić information content (AvgIpc) is 3.11. The van der Waals surface area contributed by atoms with Gasteiger partial charge in [0.1, 0.15) is 5.52 Å². The summed E-state index contributed by atoms with van der Waals surface area (Å²) in [5.41, 5.74) is 3.16. The number of oxazole rings is 1. The van der Waals surface area contributed by atoms with Crippen molar-refractivity contribution in [1.29, 1.82) is 0 Å². The lowest BCUT2D eigenvalue weighted by molar-refractivity contribution is -0.910. The number of quaternary nitrogens is 1. The van der Waals surface area contributed by atoms with Crippen molar-refractivity contribution in [2.75, 3.05) is 26.7 Å². The van der Waals surface area contributed by atoms with Crippen LogP contribution in [0.4, 0.5) is 0 Å². The number of fused-ring (bicyclic) bond motifs is 1. The van der Waals surface area contributed by atoms with Gasteiger partial charge in [-0.2, -0.15) is 0 Å². The van der Waals surface area contributed by atoms with Crippen LogP contribution in [0, 0.1) is 0 Å². The first-order valence-electron chi connectivity index (χ1n) is 11.5. The summed E-state index contributed by atoms with van der Waals surface area (Å²) in [7, 11) is 2.48. The molecule has 0 N–H and O–H groups in total. The molecule has 1 aromatic carbocycles. The second-order valence-corrected chi connectivity index (χ2v) is 8.57. The summed E-state index contributed by atoms with van der Waals surface area (Å²) < 4.78 is 6.86. The zero-order valence-corrected chi connectivity index (χ0v) is 18.5. The quantitative estimate of drug-likeness (QED) is 0.243. The SMILES string of the molecule is C=Cc1nc2cc(CCC[N+](C)(CCCCCC)CCCCCC)ccc2o1. The fourth-order valence-corrected chi connectivity index (χ4v) is 4.07. The number of hydrogen-bond donors (Lipinski definition) is 0. The third-order valence-electron chi connectivity index (χ3n) is 5.91. The molecule has 0 fully saturated rings. The Morgan fingerprint density at radius 2 is 1.57 bits per heavy atom. The third-order valence-corrected chi connectivity index (χ3v) is 5.91. The minimum Gasteiger partial charge on any atom is -0.437 e. The van der Waals surface area contributed by atoms with Crippen LogP contribution in [0.15, 0.2) is 29.2 Å². The van der Waals surface area contributed by atoms with Crippen molar-refractivity contribution in [3.05, 3.63) is 36.2 Å². The van der Waals surface area contributed by atoms with Gasteiger partial charge in [-0.25, -0.2) is 4.98 Å². The Labute approximate surface area is 172 Å². The van der Waals surface area contributed by atoms with E-state index in [9.17, 15) is 0 Å². The Morgan fingerprint density at radius 3 is 2.18 bits per heavy atom. The highest BCUT2D eigenvalue weighted by molar-refractivity contribution is 5.74. The van der Waals surface area contributed by atoms with Gasteiger partial charge in [-0.15, -0.1) is 0 Å². The van der Waals surface area contributed by atoms with E-state index >= 15 is 0 Å². The Kier molecular flexibility index (Phi) is 9.77. The second-order valence-electron chi connectivity index (χ2n) is 8.57. The lowest BCUT2D eigenvalue weighted by Gasteiger charge is -2.35. The van der Waals surface area contributed by atoms with Crippen LogP contribution in [0.25, 0.3) is 17.2 Å². The first-order chi connectivity index (χ1) is 13.6. The maximum atomic E-state index is 5.63. The van der Waals surface area contributed by atoms with Gasteiger partial charge >= 0.3 is 0 Å². The summed E-state index contributed by atoms with van der Waals surface area (Å²) in [6.07, 6.45) is 14.9. The van der Waals surface area contributed by atoms with Crippen LogP contribution >= 0.6 is 0 Å². The van der Waals surface area contributed by atoms with Crippen LogP contribution in [-0.2, 0) is 6.42 Å². The normalized spacial score (nSPS) is 12.0. The molecule has 0 bridgehead atoms. The second kappa shape index (κ2) is 12.1. The Balaban J connectivity index is 1.88. The molecule has 0 aliphatic rings. The van der Waals surface area contributed by atoms with Crippen LogP contribution in [0.5, 0.6) is 0 Å². The molecule has 2 rings (SSSR count). The van der Waals surface area contributed by atoms with Crippen molar-refractivity contribution in [2.24, 2.45) is 0 Å². The van der Waals surface area contributed by atoms with Crippen LogP contribution in [0.3, 0.4) is 0 Å². The number of aryl methyl sites for hydroxylation is 1. The summed E-state index contributed by atoms with van der Waals surface area (Å²) in [6.45, 7) is 12.3. The summed E-state index contributed by atoms with van der Waals surface area (Å²) >= 11 is 0. The number of aromatic nitrogens is 1. The number of unbranched alkanes of at least 4 members (excludes halogenated alkanes) is 6. The fourth-order valence-electron chi connectivity index (χ4n) is 4.07. The zero-order chi connectivity index (χ0) is 20.2. The predicted octanol–water partition coefficient (Wildman–Crippen LogP) is 7.01. The number of hydrogen-bond acceptors (Lipinski definition) is 2. The molecule has 0 aliphatic heterocycles. The Morgan fingerprint density at radius 1 is 0.929 bits per heavy atom. The van der Waals surface area contributed by atoms with E-state index in [0.29, 0.717) is 5.89 Å². The summed E-state index contributed by atoms with van der Waals surface area (Å²) in [6, 6.07) is 6.42. The predicted molar refractivity (Wildman–Crippen MR) is 121 cm³/mol. The number of nitrogens with zero attached hydrogens (tertiary/aromatic N) is 2. The highest BCUT2D eigenvalue weighted by Gasteiger charge is 2.20. The van der Waals surface area contributed by atoms with Gasteiger partial charge in [-0.3, -0.25) is 0 Å². The molecule has 28 heavy (non-hydrogen) atoms. The number of benzene rings is 1. The number of rotatable bonds is 15. The topological polar surface area (TPSA) is 26.0 Å². The molecule has 1 heterocycles. The molecule has 3 nitrogen and oxygen atoms in total. The molecule has 0 aliphatic carbocycles. The van der Waals surface area contributed by atoms with Crippen molar-refractivity contribution in [3.8, 4) is 0 Å². The molecular formula is C25H41N2O+. The molecule has 156 valence electrons. The van der Waals surface area contributed by atoms with E-state index in [4.69, 9.17) is 4.42 Å². The van der Waals surface area contributed by atoms with E-state index in [1.54, 1.807) is 6.08 Å². The lowest BCUT2D eigenvalue weighted by atomic mass is 10.1. The minimum absolute atomic E-state index is 0.607. The average molecular weight is 386 g/mol. The Hall–Kier alpha value is -1.61. The third kappa shape index (κ3) is 7.43. The maximum Gasteiger partial charge on any atom is 0.219 e. The van der Waals surface area contributed by atoms with Crippen LogP contribution in [0.2, 0.25) is 0 Å². The molecule has 0 saturated heterocycles. The monoisotopic (exact) mass is 385 g/mol. The van der Waals surface area contributed by atoms with E-state index in [2.05, 4.69) is 44.6 Å². The first kappa shape index (κ1) is 22.7. The molecule has 0 atom stereocenters. The minimum atomic E-state index is 0.607. The van der Waals surface area contributed by atoms with Gasteiger partial charge in [0.2, 0.25) is 5.89 Å². The smallest absolute Gasteiger partial charge is 0.219 e. The van der Waals surface area contributed by atoms with Gasteiger partial charge in [0, 0.05) is 6.42 Å². The van der Waals surface area contributed by atoms with E-state index in [1.165, 1.54) is 87.5 Å². The van der Waals surface area contributed by atoms with Gasteiger partial charge in [-0.1, -0.05) is 52.2 Å². The molecule has 0 saturated carbocycles. The standard InChI is InChI=1S/C25H41N2O/c1-5-8-10-12-18-27(4,19-13-11-9-6-2)20-14-15-22-16-17-24-23(21-22)26-25(7-3)28-24/h7,16-17,21H,3,5-6,8-15,18-20H2,1-2,4H3/q+1. The van der Waals surface area contributed by atoms with E-state index in [1.807, 2.05) is 6.07 Å². The van der Waals surface area contributed by atoms with Gasteiger partial charge in [0.25, 0.3) is 0 Å². The largest absolute Gasteiger partial charge is 0.437 e. The lowest BCUT2D eigenvalue weighted by Crippen LogP contribution is -2.46. The Bertz CT molecular complexity index is 692. The van der Waals surface area contributed by atoms with Gasteiger partial charge in [-0.05, 0) is 55.9 Å². The van der Waals surface area contributed by atoms with Crippen molar-refractivity contribution in [1.82, 2.24) is 4.98 Å². The van der Waals surface area contributed by atoms with Crippen LogP contribution in [-0.4, -0.2) is 36.1 Å². The van der Waals surface area contributed by atoms with Crippen molar-refractivity contribution in [3.63, 3.8) is 0 Å². The van der Waals surface area contributed by atoms with Crippen LogP contribution < -0.4 is 0 Å². The van der Waals surface area contributed by atoms with E-state index in [-0.39, 0.29) is 0 Å². The summed E-state index contributed by atoms with van der Waals surface area (Å²) in [4.78, 5) is 4.48. The van der Waals surface area contributed by atoms with Gasteiger partial charge in [0.15, 0.2) is 5.58 Å². The zero-order valence-electron chi connectivity index (χ0n) is 18.5. The van der Waals surface area contributed by atoms with Gasteiger partial charge < -0.3 is 8.90 Å². The summed E-state index contributed by atoms with van der Waals surface area (Å²) in [5, 5.41) is 0. The van der Waals surface area contributed by atoms with E-state index in [0.717, 1.165) is 17.5 Å². The highest BCUT2D eigenvalue weighted by atomic mass is 16.3. The fraction of sp³-hybridized carbons (Fsp3) is 0.640. The molecule has 3 heteroatoms. The van der Waals surface area contributed by atoms with Crippen molar-refractivity contribution < 1.29 is 8.90 Å². The highest BCUT2D eigenvalue weighted by Crippen LogP contribution is 2.20.